The first-order chi connectivity index (χ1) is 14.3. The monoisotopic (exact) mass is 392 g/mol. The van der Waals surface area contributed by atoms with Crippen molar-refractivity contribution < 1.29 is 9.47 Å². The summed E-state index contributed by atoms with van der Waals surface area (Å²) in [5.74, 6) is 2.57. The average Bonchev–Trinajstić information content (AvgIpc) is 2.80. The zero-order chi connectivity index (χ0) is 20.1. The molecule has 150 valence electrons. The molecule has 0 amide bonds. The molecule has 2 heterocycles. The van der Waals surface area contributed by atoms with Crippen molar-refractivity contribution in [3.63, 3.8) is 0 Å². The molecule has 4 rings (SSSR count). The third-order valence-corrected chi connectivity index (χ3v) is 4.91. The third kappa shape index (κ3) is 4.31. The summed E-state index contributed by atoms with van der Waals surface area (Å²) in [6, 6.07) is 16.0. The topological polar surface area (TPSA) is 75.6 Å². The van der Waals surface area contributed by atoms with Crippen LogP contribution in [0.15, 0.2) is 54.7 Å². The van der Waals surface area contributed by atoms with Crippen LogP contribution in [0.5, 0.6) is 11.5 Å². The van der Waals surface area contributed by atoms with Crippen LogP contribution < -0.4 is 24.6 Å². The number of para-hydroxylation sites is 1. The van der Waals surface area contributed by atoms with Crippen molar-refractivity contribution in [3.8, 4) is 11.5 Å². The Morgan fingerprint density at radius 3 is 2.31 bits per heavy atom. The van der Waals surface area contributed by atoms with Crippen LogP contribution in [0.3, 0.4) is 0 Å². The highest BCUT2D eigenvalue weighted by molar-refractivity contribution is 5.60. The Hall–Kier alpha value is -3.55. The Morgan fingerprint density at radius 1 is 0.862 bits per heavy atom. The molecule has 0 aliphatic carbocycles. The standard InChI is InChI=1S/C21H24N6O2/c1-28-18-9-8-16(14-19(18)29-2)23-21-24-20(15-22-25-21)27-12-10-26(11-13-27)17-6-4-3-5-7-17/h3-9,14-15H,10-13H2,1-2H3,(H,23,24,25). The van der Waals surface area contributed by atoms with Crippen molar-refractivity contribution in [3.05, 3.63) is 54.7 Å². The summed E-state index contributed by atoms with van der Waals surface area (Å²) in [6.45, 7) is 3.63. The van der Waals surface area contributed by atoms with E-state index >= 15 is 0 Å². The van der Waals surface area contributed by atoms with Crippen LogP contribution in [-0.4, -0.2) is 55.6 Å². The van der Waals surface area contributed by atoms with Crippen LogP contribution in [-0.2, 0) is 0 Å². The van der Waals surface area contributed by atoms with Gasteiger partial charge in [-0.1, -0.05) is 18.2 Å². The van der Waals surface area contributed by atoms with Crippen molar-refractivity contribution in [1.82, 2.24) is 15.2 Å². The van der Waals surface area contributed by atoms with Gasteiger partial charge in [-0.3, -0.25) is 0 Å². The molecule has 0 bridgehead atoms. The lowest BCUT2D eigenvalue weighted by Gasteiger charge is -2.36. The highest BCUT2D eigenvalue weighted by Gasteiger charge is 2.19. The van der Waals surface area contributed by atoms with Crippen LogP contribution in [0, 0.1) is 0 Å². The second-order valence-electron chi connectivity index (χ2n) is 6.64. The predicted molar refractivity (Wildman–Crippen MR) is 114 cm³/mol. The van der Waals surface area contributed by atoms with Crippen LogP contribution in [0.2, 0.25) is 0 Å². The number of nitrogens with zero attached hydrogens (tertiary/aromatic N) is 5. The van der Waals surface area contributed by atoms with Crippen molar-refractivity contribution in [1.29, 1.82) is 0 Å². The lowest BCUT2D eigenvalue weighted by molar-refractivity contribution is 0.355. The molecule has 0 radical (unpaired) electrons. The molecular formula is C21H24N6O2. The Kier molecular flexibility index (Phi) is 5.60. The molecular weight excluding hydrogens is 368 g/mol. The SMILES string of the molecule is COc1ccc(Nc2nncc(N3CCN(c4ccccc4)CC3)n2)cc1OC. The molecule has 8 nitrogen and oxygen atoms in total. The summed E-state index contributed by atoms with van der Waals surface area (Å²) < 4.78 is 10.6. The zero-order valence-electron chi connectivity index (χ0n) is 16.6. The normalized spacial score (nSPS) is 13.9. The Bertz CT molecular complexity index is 945. The summed E-state index contributed by atoms with van der Waals surface area (Å²) in [4.78, 5) is 9.25. The van der Waals surface area contributed by atoms with Gasteiger partial charge in [0.25, 0.3) is 0 Å². The van der Waals surface area contributed by atoms with E-state index in [-0.39, 0.29) is 0 Å². The van der Waals surface area contributed by atoms with E-state index in [1.54, 1.807) is 20.4 Å². The zero-order valence-corrected chi connectivity index (χ0v) is 16.6. The molecule has 3 aromatic rings. The molecule has 0 atom stereocenters. The summed E-state index contributed by atoms with van der Waals surface area (Å²) in [5.41, 5.74) is 2.05. The van der Waals surface area contributed by atoms with E-state index in [0.29, 0.717) is 17.4 Å². The number of nitrogens with one attached hydrogen (secondary N) is 1. The minimum atomic E-state index is 0.445. The number of piperazine rings is 1. The summed E-state index contributed by atoms with van der Waals surface area (Å²) in [5, 5.41) is 11.4. The Balaban J connectivity index is 1.43. The van der Waals surface area contributed by atoms with Crippen molar-refractivity contribution in [2.75, 3.05) is 55.5 Å². The summed E-state index contributed by atoms with van der Waals surface area (Å²) in [6.07, 6.45) is 1.71. The number of anilines is 4. The first-order valence-electron chi connectivity index (χ1n) is 9.50. The molecule has 1 aliphatic heterocycles. The fourth-order valence-electron chi connectivity index (χ4n) is 3.38. The quantitative estimate of drug-likeness (QED) is 0.686. The maximum absolute atomic E-state index is 5.35. The van der Waals surface area contributed by atoms with Gasteiger partial charge in [-0.2, -0.15) is 10.1 Å². The van der Waals surface area contributed by atoms with E-state index in [0.717, 1.165) is 37.7 Å². The van der Waals surface area contributed by atoms with Gasteiger partial charge < -0.3 is 24.6 Å². The van der Waals surface area contributed by atoms with Crippen LogP contribution in [0.1, 0.15) is 0 Å². The van der Waals surface area contributed by atoms with Gasteiger partial charge in [0, 0.05) is 43.6 Å². The third-order valence-electron chi connectivity index (χ3n) is 4.91. The number of rotatable bonds is 6. The number of hydrogen-bond acceptors (Lipinski definition) is 8. The molecule has 1 aliphatic rings. The molecule has 0 unspecified atom stereocenters. The Morgan fingerprint density at radius 2 is 1.59 bits per heavy atom. The molecule has 0 spiro atoms. The van der Waals surface area contributed by atoms with Crippen molar-refractivity contribution >= 4 is 23.1 Å². The van der Waals surface area contributed by atoms with E-state index in [4.69, 9.17) is 9.47 Å². The molecule has 1 N–H and O–H groups in total. The van der Waals surface area contributed by atoms with Crippen molar-refractivity contribution in [2.24, 2.45) is 0 Å². The van der Waals surface area contributed by atoms with Gasteiger partial charge in [0.15, 0.2) is 17.3 Å². The van der Waals surface area contributed by atoms with E-state index in [9.17, 15) is 0 Å². The fraction of sp³-hybridized carbons (Fsp3) is 0.286. The highest BCUT2D eigenvalue weighted by Crippen LogP contribution is 2.30. The van der Waals surface area contributed by atoms with Gasteiger partial charge in [-0.15, -0.1) is 5.10 Å². The van der Waals surface area contributed by atoms with Crippen LogP contribution in [0.4, 0.5) is 23.1 Å². The van der Waals surface area contributed by atoms with Gasteiger partial charge in [0.2, 0.25) is 5.95 Å². The Labute approximate surface area is 170 Å². The summed E-state index contributed by atoms with van der Waals surface area (Å²) >= 11 is 0. The number of benzene rings is 2. The highest BCUT2D eigenvalue weighted by atomic mass is 16.5. The first kappa shape index (κ1) is 18.8. The molecule has 1 saturated heterocycles. The van der Waals surface area contributed by atoms with Crippen molar-refractivity contribution in [2.45, 2.75) is 0 Å². The number of methoxy groups -OCH3 is 2. The van der Waals surface area contributed by atoms with Gasteiger partial charge in [0.05, 0.1) is 20.4 Å². The predicted octanol–water partition coefficient (Wildman–Crippen LogP) is 2.96. The van der Waals surface area contributed by atoms with Crippen LogP contribution in [0.25, 0.3) is 0 Å². The van der Waals surface area contributed by atoms with Gasteiger partial charge >= 0.3 is 0 Å². The van der Waals surface area contributed by atoms with Crippen LogP contribution >= 0.6 is 0 Å². The smallest absolute Gasteiger partial charge is 0.249 e. The second kappa shape index (κ2) is 8.64. The largest absolute Gasteiger partial charge is 0.493 e. The second-order valence-corrected chi connectivity index (χ2v) is 6.64. The van der Waals surface area contributed by atoms with E-state index in [1.807, 2.05) is 24.3 Å². The van der Waals surface area contributed by atoms with E-state index in [2.05, 4.69) is 54.6 Å². The van der Waals surface area contributed by atoms with E-state index in [1.165, 1.54) is 5.69 Å². The first-order valence-corrected chi connectivity index (χ1v) is 9.50. The molecule has 29 heavy (non-hydrogen) atoms. The van der Waals surface area contributed by atoms with Gasteiger partial charge in [-0.25, -0.2) is 0 Å². The lowest BCUT2D eigenvalue weighted by atomic mass is 10.2. The lowest BCUT2D eigenvalue weighted by Crippen LogP contribution is -2.46. The maximum Gasteiger partial charge on any atom is 0.249 e. The maximum atomic E-state index is 5.35. The van der Waals surface area contributed by atoms with Gasteiger partial charge in [-0.05, 0) is 24.3 Å². The minimum Gasteiger partial charge on any atom is -0.493 e. The fourth-order valence-corrected chi connectivity index (χ4v) is 3.38. The summed E-state index contributed by atoms with van der Waals surface area (Å²) in [7, 11) is 3.22. The number of hydrogen-bond donors (Lipinski definition) is 1. The average molecular weight is 392 g/mol. The number of aromatic nitrogens is 3. The minimum absolute atomic E-state index is 0.445. The molecule has 2 aromatic carbocycles. The molecule has 0 saturated carbocycles. The molecule has 1 aromatic heterocycles. The van der Waals surface area contributed by atoms with Gasteiger partial charge in [0.1, 0.15) is 0 Å². The molecule has 8 heteroatoms. The van der Waals surface area contributed by atoms with E-state index < -0.39 is 0 Å². The number of ether oxygens (including phenoxy) is 2. The molecule has 1 fully saturated rings.